The molecule has 1 atom stereocenters. The van der Waals surface area contributed by atoms with Crippen LogP contribution in [0.2, 0.25) is 0 Å². The predicted molar refractivity (Wildman–Crippen MR) is 102 cm³/mol. The second-order valence-corrected chi connectivity index (χ2v) is 6.06. The van der Waals surface area contributed by atoms with Crippen LogP contribution in [0.1, 0.15) is 30.7 Å². The Bertz CT molecular complexity index is 841. The molecule has 0 fully saturated rings. The van der Waals surface area contributed by atoms with E-state index in [2.05, 4.69) is 15.3 Å². The molecule has 3 aromatic rings. The van der Waals surface area contributed by atoms with E-state index < -0.39 is 0 Å². The van der Waals surface area contributed by atoms with Gasteiger partial charge in [0.15, 0.2) is 0 Å². The van der Waals surface area contributed by atoms with Crippen molar-refractivity contribution in [2.45, 2.75) is 25.8 Å². The molecule has 26 heavy (non-hydrogen) atoms. The molecule has 5 nitrogen and oxygen atoms in total. The number of aromatic nitrogens is 2. The molecule has 134 valence electrons. The van der Waals surface area contributed by atoms with Gasteiger partial charge < -0.3 is 15.0 Å². The van der Waals surface area contributed by atoms with E-state index in [1.807, 2.05) is 61.5 Å². The molecule has 0 aliphatic heterocycles. The van der Waals surface area contributed by atoms with Crippen LogP contribution >= 0.6 is 0 Å². The molecule has 0 spiro atoms. The molecule has 2 N–H and O–H groups in total. The van der Waals surface area contributed by atoms with Crippen LogP contribution in [-0.4, -0.2) is 23.0 Å². The lowest BCUT2D eigenvalue weighted by molar-refractivity contribution is -0.122. The number of hydrogen-bond donors (Lipinski definition) is 2. The Hall–Kier alpha value is -3.08. The normalized spacial score (nSPS) is 11.8. The lowest BCUT2D eigenvalue weighted by Crippen LogP contribution is -2.29. The van der Waals surface area contributed by atoms with Crippen molar-refractivity contribution in [2.24, 2.45) is 0 Å². The number of H-pyrrole nitrogens is 1. The fraction of sp³-hybridized carbons (Fsp3) is 0.238. The minimum Gasteiger partial charge on any atom is -0.497 e. The first-order valence-corrected chi connectivity index (χ1v) is 8.72. The number of carbonyl (C=O) groups is 1. The first-order chi connectivity index (χ1) is 12.7. The van der Waals surface area contributed by atoms with Crippen LogP contribution in [0.3, 0.4) is 0 Å². The predicted octanol–water partition coefficient (Wildman–Crippen LogP) is 3.90. The molecule has 0 saturated heterocycles. The molecule has 0 aliphatic carbocycles. The van der Waals surface area contributed by atoms with E-state index >= 15 is 0 Å². The Kier molecular flexibility index (Phi) is 5.69. The number of ether oxygens (including phenoxy) is 1. The van der Waals surface area contributed by atoms with Crippen molar-refractivity contribution in [3.63, 3.8) is 0 Å². The number of carbonyl (C=O) groups excluding carboxylic acids is 1. The number of methoxy groups -OCH3 is 1. The molecule has 1 aromatic heterocycles. The van der Waals surface area contributed by atoms with Gasteiger partial charge in [-0.2, -0.15) is 0 Å². The number of benzene rings is 2. The average Bonchev–Trinajstić information content (AvgIpc) is 3.17. The van der Waals surface area contributed by atoms with Crippen LogP contribution in [0.25, 0.3) is 11.3 Å². The summed E-state index contributed by atoms with van der Waals surface area (Å²) in [5.41, 5.74) is 2.96. The molecule has 0 saturated carbocycles. The molecule has 5 heteroatoms. The van der Waals surface area contributed by atoms with Crippen molar-refractivity contribution in [1.82, 2.24) is 15.3 Å². The Balaban J connectivity index is 1.63. The van der Waals surface area contributed by atoms with E-state index in [4.69, 9.17) is 4.74 Å². The van der Waals surface area contributed by atoms with Crippen LogP contribution in [0.4, 0.5) is 0 Å². The summed E-state index contributed by atoms with van der Waals surface area (Å²) in [6, 6.07) is 17.6. The van der Waals surface area contributed by atoms with Gasteiger partial charge in [-0.05, 0) is 41.8 Å². The molecular weight excluding hydrogens is 326 g/mol. The van der Waals surface area contributed by atoms with E-state index in [1.165, 1.54) is 0 Å². The quantitative estimate of drug-likeness (QED) is 0.680. The summed E-state index contributed by atoms with van der Waals surface area (Å²) in [4.78, 5) is 20.1. The summed E-state index contributed by atoms with van der Waals surface area (Å²) in [5.74, 6) is 1.41. The second kappa shape index (κ2) is 8.34. The fourth-order valence-corrected chi connectivity index (χ4v) is 2.92. The summed E-state index contributed by atoms with van der Waals surface area (Å²) < 4.78 is 5.17. The van der Waals surface area contributed by atoms with Crippen LogP contribution in [0.5, 0.6) is 5.75 Å². The van der Waals surface area contributed by atoms with Crippen molar-refractivity contribution in [2.75, 3.05) is 7.11 Å². The van der Waals surface area contributed by atoms with Crippen LogP contribution in [-0.2, 0) is 11.3 Å². The monoisotopic (exact) mass is 349 g/mol. The summed E-state index contributed by atoms with van der Waals surface area (Å²) in [7, 11) is 1.64. The topological polar surface area (TPSA) is 67.0 Å². The number of rotatable bonds is 7. The standard InChI is InChI=1S/C21H23N3O2/c1-3-18(15-7-5-4-6-8-15)21(25)23-14-20-22-13-19(24-20)16-9-11-17(26-2)12-10-16/h4-13,18H,3,14H2,1-2H3,(H,22,24)(H,23,25). The Morgan fingerprint density at radius 1 is 1.15 bits per heavy atom. The Morgan fingerprint density at radius 3 is 2.54 bits per heavy atom. The molecule has 0 radical (unpaired) electrons. The lowest BCUT2D eigenvalue weighted by atomic mass is 9.96. The van der Waals surface area contributed by atoms with E-state index in [0.717, 1.165) is 34.8 Å². The number of imidazole rings is 1. The van der Waals surface area contributed by atoms with Gasteiger partial charge in [0, 0.05) is 0 Å². The highest BCUT2D eigenvalue weighted by Crippen LogP contribution is 2.21. The fourth-order valence-electron chi connectivity index (χ4n) is 2.92. The molecule has 1 unspecified atom stereocenters. The van der Waals surface area contributed by atoms with Gasteiger partial charge in [-0.25, -0.2) is 4.98 Å². The van der Waals surface area contributed by atoms with Crippen LogP contribution < -0.4 is 10.1 Å². The highest BCUT2D eigenvalue weighted by molar-refractivity contribution is 5.83. The third-order valence-corrected chi connectivity index (χ3v) is 4.39. The maximum Gasteiger partial charge on any atom is 0.227 e. The van der Waals surface area contributed by atoms with Gasteiger partial charge in [0.25, 0.3) is 0 Å². The third-order valence-electron chi connectivity index (χ3n) is 4.39. The Morgan fingerprint density at radius 2 is 1.88 bits per heavy atom. The minimum atomic E-state index is -0.146. The van der Waals surface area contributed by atoms with E-state index in [-0.39, 0.29) is 11.8 Å². The third kappa shape index (κ3) is 4.11. The van der Waals surface area contributed by atoms with Gasteiger partial charge in [0.1, 0.15) is 11.6 Å². The zero-order valence-electron chi connectivity index (χ0n) is 15.0. The van der Waals surface area contributed by atoms with Gasteiger partial charge >= 0.3 is 0 Å². The van der Waals surface area contributed by atoms with Gasteiger partial charge in [0.05, 0.1) is 31.5 Å². The Labute approximate surface area is 153 Å². The number of aromatic amines is 1. The van der Waals surface area contributed by atoms with Gasteiger partial charge in [-0.15, -0.1) is 0 Å². The van der Waals surface area contributed by atoms with E-state index in [9.17, 15) is 4.79 Å². The summed E-state index contributed by atoms with van der Waals surface area (Å²) >= 11 is 0. The smallest absolute Gasteiger partial charge is 0.227 e. The van der Waals surface area contributed by atoms with Gasteiger partial charge in [-0.1, -0.05) is 37.3 Å². The van der Waals surface area contributed by atoms with Gasteiger partial charge in [-0.3, -0.25) is 4.79 Å². The zero-order valence-corrected chi connectivity index (χ0v) is 15.0. The highest BCUT2D eigenvalue weighted by atomic mass is 16.5. The van der Waals surface area contributed by atoms with Crippen LogP contribution in [0, 0.1) is 0 Å². The molecule has 0 bridgehead atoms. The highest BCUT2D eigenvalue weighted by Gasteiger charge is 2.18. The number of nitrogens with zero attached hydrogens (tertiary/aromatic N) is 1. The SMILES string of the molecule is CCC(C(=O)NCc1ncc(-c2ccc(OC)cc2)[nH]1)c1ccccc1. The summed E-state index contributed by atoms with van der Waals surface area (Å²) in [6.07, 6.45) is 2.53. The van der Waals surface area contributed by atoms with Crippen molar-refractivity contribution in [3.8, 4) is 17.0 Å². The van der Waals surface area contributed by atoms with Crippen LogP contribution in [0.15, 0.2) is 60.8 Å². The van der Waals surface area contributed by atoms with Crippen molar-refractivity contribution < 1.29 is 9.53 Å². The van der Waals surface area contributed by atoms with Crippen molar-refractivity contribution in [3.05, 3.63) is 72.2 Å². The maximum atomic E-state index is 12.5. The number of nitrogens with one attached hydrogen (secondary N) is 2. The van der Waals surface area contributed by atoms with Crippen molar-refractivity contribution in [1.29, 1.82) is 0 Å². The van der Waals surface area contributed by atoms with Gasteiger partial charge in [0.2, 0.25) is 5.91 Å². The molecule has 0 aliphatic rings. The molecule has 1 heterocycles. The molecule has 1 amide bonds. The minimum absolute atomic E-state index is 0.0149. The largest absolute Gasteiger partial charge is 0.497 e. The van der Waals surface area contributed by atoms with E-state index in [0.29, 0.717) is 6.54 Å². The second-order valence-electron chi connectivity index (χ2n) is 6.06. The average molecular weight is 349 g/mol. The lowest BCUT2D eigenvalue weighted by Gasteiger charge is -2.14. The number of hydrogen-bond acceptors (Lipinski definition) is 3. The molecule has 3 rings (SSSR count). The first-order valence-electron chi connectivity index (χ1n) is 8.72. The molecular formula is C21H23N3O2. The number of amides is 1. The first kappa shape index (κ1) is 17.7. The maximum absolute atomic E-state index is 12.5. The zero-order chi connectivity index (χ0) is 18.4. The van der Waals surface area contributed by atoms with E-state index in [1.54, 1.807) is 13.3 Å². The molecule has 2 aromatic carbocycles. The summed E-state index contributed by atoms with van der Waals surface area (Å²) in [5, 5.41) is 2.98. The van der Waals surface area contributed by atoms with Crippen molar-refractivity contribution >= 4 is 5.91 Å². The summed E-state index contributed by atoms with van der Waals surface area (Å²) in [6.45, 7) is 2.39.